The Balaban J connectivity index is 1.82. The van der Waals surface area contributed by atoms with Crippen LogP contribution in [0.3, 0.4) is 0 Å². The van der Waals surface area contributed by atoms with Crippen LogP contribution >= 0.6 is 0 Å². The number of aromatic nitrogens is 2. The largest absolute Gasteiger partial charge is 0.478 e. The first kappa shape index (κ1) is 17.2. The van der Waals surface area contributed by atoms with Crippen molar-refractivity contribution in [2.24, 2.45) is 0 Å². The number of carboxylic acids is 1. The molecule has 2 heterocycles. The van der Waals surface area contributed by atoms with E-state index in [0.717, 1.165) is 36.1 Å². The van der Waals surface area contributed by atoms with Crippen LogP contribution < -0.4 is 10.2 Å². The standard InChI is InChI=1S/C19H24N4O2/c1-3-16-6-4-5-11-23(16)18-12-17(20-13(2)21-18)22-15-9-7-14(8-10-15)19(24)25/h7-10,12,16H,3-6,11H2,1-2H3,(H,24,25)(H,20,21,22). The highest BCUT2D eigenvalue weighted by molar-refractivity contribution is 5.88. The molecule has 1 aromatic carbocycles. The fourth-order valence-electron chi connectivity index (χ4n) is 3.33. The van der Waals surface area contributed by atoms with E-state index in [0.29, 0.717) is 6.04 Å². The maximum absolute atomic E-state index is 10.9. The lowest BCUT2D eigenvalue weighted by Crippen LogP contribution is -2.39. The van der Waals surface area contributed by atoms with Crippen molar-refractivity contribution >= 4 is 23.3 Å². The highest BCUT2D eigenvalue weighted by Gasteiger charge is 2.22. The SMILES string of the molecule is CCC1CCCCN1c1cc(Nc2ccc(C(=O)O)cc2)nc(C)n1. The summed E-state index contributed by atoms with van der Waals surface area (Å²) in [4.78, 5) is 22.4. The molecule has 3 rings (SSSR count). The Hall–Kier alpha value is -2.63. The normalized spacial score (nSPS) is 17.4. The Morgan fingerprint density at radius 3 is 2.72 bits per heavy atom. The summed E-state index contributed by atoms with van der Waals surface area (Å²) in [5.74, 6) is 1.49. The van der Waals surface area contributed by atoms with E-state index in [9.17, 15) is 4.79 Å². The second kappa shape index (κ2) is 7.51. The van der Waals surface area contributed by atoms with Gasteiger partial charge in [-0.25, -0.2) is 14.8 Å². The summed E-state index contributed by atoms with van der Waals surface area (Å²) in [5.41, 5.74) is 1.07. The maximum Gasteiger partial charge on any atom is 0.335 e. The first-order chi connectivity index (χ1) is 12.1. The summed E-state index contributed by atoms with van der Waals surface area (Å²) in [7, 11) is 0. The van der Waals surface area contributed by atoms with Gasteiger partial charge >= 0.3 is 5.97 Å². The zero-order chi connectivity index (χ0) is 17.8. The summed E-state index contributed by atoms with van der Waals surface area (Å²) in [6.07, 6.45) is 4.79. The summed E-state index contributed by atoms with van der Waals surface area (Å²) in [5, 5.41) is 12.2. The van der Waals surface area contributed by atoms with E-state index in [2.05, 4.69) is 27.1 Å². The third kappa shape index (κ3) is 4.07. The zero-order valence-corrected chi connectivity index (χ0v) is 14.7. The van der Waals surface area contributed by atoms with Gasteiger partial charge in [-0.2, -0.15) is 0 Å². The number of aromatic carboxylic acids is 1. The first-order valence-electron chi connectivity index (χ1n) is 8.79. The molecule has 1 unspecified atom stereocenters. The summed E-state index contributed by atoms with van der Waals surface area (Å²) in [6.45, 7) is 5.15. The minimum atomic E-state index is -0.928. The van der Waals surface area contributed by atoms with Crippen molar-refractivity contribution in [2.75, 3.05) is 16.8 Å². The number of nitrogens with zero attached hydrogens (tertiary/aromatic N) is 3. The van der Waals surface area contributed by atoms with E-state index in [1.807, 2.05) is 13.0 Å². The number of carbonyl (C=O) groups is 1. The van der Waals surface area contributed by atoms with Crippen LogP contribution in [-0.2, 0) is 0 Å². The number of carboxylic acid groups (broad SMARTS) is 1. The molecule has 2 aromatic rings. The van der Waals surface area contributed by atoms with Gasteiger partial charge < -0.3 is 15.3 Å². The lowest BCUT2D eigenvalue weighted by atomic mass is 10.00. The van der Waals surface area contributed by atoms with Gasteiger partial charge in [-0.05, 0) is 56.9 Å². The van der Waals surface area contributed by atoms with E-state index in [4.69, 9.17) is 5.11 Å². The quantitative estimate of drug-likeness (QED) is 0.857. The van der Waals surface area contributed by atoms with Crippen molar-refractivity contribution in [3.8, 4) is 0 Å². The second-order valence-electron chi connectivity index (χ2n) is 6.42. The fourth-order valence-corrected chi connectivity index (χ4v) is 3.33. The molecular weight excluding hydrogens is 316 g/mol. The average Bonchev–Trinajstić information content (AvgIpc) is 2.61. The number of benzene rings is 1. The van der Waals surface area contributed by atoms with E-state index >= 15 is 0 Å². The number of piperidine rings is 1. The van der Waals surface area contributed by atoms with Crippen LogP contribution in [0.1, 0.15) is 48.8 Å². The molecule has 6 nitrogen and oxygen atoms in total. The lowest BCUT2D eigenvalue weighted by molar-refractivity contribution is 0.0697. The molecule has 2 N–H and O–H groups in total. The molecule has 0 saturated carbocycles. The second-order valence-corrected chi connectivity index (χ2v) is 6.42. The molecule has 1 atom stereocenters. The molecule has 0 radical (unpaired) electrons. The number of anilines is 3. The topological polar surface area (TPSA) is 78.4 Å². The van der Waals surface area contributed by atoms with E-state index in [1.165, 1.54) is 19.3 Å². The summed E-state index contributed by atoms with van der Waals surface area (Å²) in [6, 6.07) is 9.17. The monoisotopic (exact) mass is 340 g/mol. The van der Waals surface area contributed by atoms with Crippen LogP contribution in [0.2, 0.25) is 0 Å². The smallest absolute Gasteiger partial charge is 0.335 e. The molecule has 0 aliphatic carbocycles. The van der Waals surface area contributed by atoms with Crippen molar-refractivity contribution in [3.63, 3.8) is 0 Å². The summed E-state index contributed by atoms with van der Waals surface area (Å²) < 4.78 is 0. The highest BCUT2D eigenvalue weighted by Crippen LogP contribution is 2.27. The first-order valence-corrected chi connectivity index (χ1v) is 8.79. The Labute approximate surface area is 147 Å². The molecule has 0 amide bonds. The van der Waals surface area contributed by atoms with Crippen LogP contribution in [0, 0.1) is 6.92 Å². The molecule has 0 spiro atoms. The van der Waals surface area contributed by atoms with Crippen molar-refractivity contribution in [1.82, 2.24) is 9.97 Å². The Morgan fingerprint density at radius 1 is 1.28 bits per heavy atom. The van der Waals surface area contributed by atoms with Gasteiger partial charge in [0.05, 0.1) is 5.56 Å². The number of aryl methyl sites for hydroxylation is 1. The van der Waals surface area contributed by atoms with Crippen LogP contribution in [0.25, 0.3) is 0 Å². The van der Waals surface area contributed by atoms with Gasteiger partial charge in [-0.3, -0.25) is 0 Å². The predicted molar refractivity (Wildman–Crippen MR) is 98.7 cm³/mol. The van der Waals surface area contributed by atoms with Gasteiger partial charge in [0.1, 0.15) is 17.5 Å². The molecule has 1 saturated heterocycles. The third-order valence-corrected chi connectivity index (χ3v) is 4.62. The predicted octanol–water partition coefficient (Wildman–Crippen LogP) is 4.00. The van der Waals surface area contributed by atoms with Crippen molar-refractivity contribution in [3.05, 3.63) is 41.7 Å². The van der Waals surface area contributed by atoms with Crippen LogP contribution in [0.4, 0.5) is 17.3 Å². The van der Waals surface area contributed by atoms with E-state index in [-0.39, 0.29) is 5.56 Å². The fraction of sp³-hybridized carbons (Fsp3) is 0.421. The Bertz CT molecular complexity index is 746. The van der Waals surface area contributed by atoms with Gasteiger partial charge in [0.2, 0.25) is 0 Å². The minimum Gasteiger partial charge on any atom is -0.478 e. The molecule has 132 valence electrons. The van der Waals surface area contributed by atoms with Crippen molar-refractivity contribution in [1.29, 1.82) is 0 Å². The number of rotatable bonds is 5. The average molecular weight is 340 g/mol. The van der Waals surface area contributed by atoms with Gasteiger partial charge in [-0.15, -0.1) is 0 Å². The third-order valence-electron chi connectivity index (χ3n) is 4.62. The molecule has 1 aromatic heterocycles. The highest BCUT2D eigenvalue weighted by atomic mass is 16.4. The molecule has 6 heteroatoms. The number of hydrogen-bond donors (Lipinski definition) is 2. The summed E-state index contributed by atoms with van der Waals surface area (Å²) >= 11 is 0. The molecule has 1 aliphatic rings. The number of hydrogen-bond acceptors (Lipinski definition) is 5. The van der Waals surface area contributed by atoms with Crippen LogP contribution in [-0.4, -0.2) is 33.6 Å². The van der Waals surface area contributed by atoms with Crippen molar-refractivity contribution in [2.45, 2.75) is 45.6 Å². The van der Waals surface area contributed by atoms with E-state index in [1.54, 1.807) is 24.3 Å². The molecule has 25 heavy (non-hydrogen) atoms. The Morgan fingerprint density at radius 2 is 2.04 bits per heavy atom. The number of nitrogens with one attached hydrogen (secondary N) is 1. The molecule has 0 bridgehead atoms. The van der Waals surface area contributed by atoms with Gasteiger partial charge in [0.15, 0.2) is 0 Å². The zero-order valence-electron chi connectivity index (χ0n) is 14.7. The van der Waals surface area contributed by atoms with Gasteiger partial charge in [0, 0.05) is 24.3 Å². The molecule has 1 fully saturated rings. The van der Waals surface area contributed by atoms with E-state index < -0.39 is 5.97 Å². The van der Waals surface area contributed by atoms with Crippen LogP contribution in [0.5, 0.6) is 0 Å². The lowest BCUT2D eigenvalue weighted by Gasteiger charge is -2.36. The van der Waals surface area contributed by atoms with Crippen LogP contribution in [0.15, 0.2) is 30.3 Å². The molecule has 1 aliphatic heterocycles. The maximum atomic E-state index is 10.9. The molecular formula is C19H24N4O2. The van der Waals surface area contributed by atoms with Gasteiger partial charge in [0.25, 0.3) is 0 Å². The minimum absolute atomic E-state index is 0.268. The van der Waals surface area contributed by atoms with Crippen molar-refractivity contribution < 1.29 is 9.90 Å². The van der Waals surface area contributed by atoms with Gasteiger partial charge in [-0.1, -0.05) is 6.92 Å². The Kier molecular flexibility index (Phi) is 5.16.